The van der Waals surface area contributed by atoms with Crippen LogP contribution in [0.5, 0.6) is 0 Å². The SMILES string of the molecule is O=C(NCc1cccc(NC(=O)N2CCCC2)c1)c1cccc(NC(=O)C2CCCCC2)c1. The molecule has 1 heterocycles. The van der Waals surface area contributed by atoms with Crippen LogP contribution in [0.4, 0.5) is 16.2 Å². The van der Waals surface area contributed by atoms with Crippen LogP contribution in [0.1, 0.15) is 60.9 Å². The molecule has 0 spiro atoms. The minimum atomic E-state index is -0.213. The van der Waals surface area contributed by atoms with Gasteiger partial charge in [-0.1, -0.05) is 37.5 Å². The van der Waals surface area contributed by atoms with Gasteiger partial charge in [0.1, 0.15) is 0 Å². The van der Waals surface area contributed by atoms with Gasteiger partial charge >= 0.3 is 6.03 Å². The molecule has 0 radical (unpaired) electrons. The number of hydrogen-bond acceptors (Lipinski definition) is 3. The monoisotopic (exact) mass is 448 g/mol. The molecule has 174 valence electrons. The third kappa shape index (κ3) is 6.34. The van der Waals surface area contributed by atoms with Gasteiger partial charge in [-0.2, -0.15) is 0 Å². The average Bonchev–Trinajstić information content (AvgIpc) is 3.39. The van der Waals surface area contributed by atoms with Crippen LogP contribution in [-0.4, -0.2) is 35.8 Å². The predicted molar refractivity (Wildman–Crippen MR) is 129 cm³/mol. The number of benzene rings is 2. The maximum absolute atomic E-state index is 12.7. The molecular formula is C26H32N4O3. The van der Waals surface area contributed by atoms with Crippen molar-refractivity contribution in [1.29, 1.82) is 0 Å². The molecule has 2 aliphatic rings. The minimum Gasteiger partial charge on any atom is -0.348 e. The number of anilines is 2. The van der Waals surface area contributed by atoms with E-state index in [1.165, 1.54) is 6.42 Å². The number of carbonyl (C=O) groups excluding carboxylic acids is 3. The smallest absolute Gasteiger partial charge is 0.321 e. The van der Waals surface area contributed by atoms with Crippen LogP contribution >= 0.6 is 0 Å². The fourth-order valence-electron chi connectivity index (χ4n) is 4.51. The molecule has 2 fully saturated rings. The van der Waals surface area contributed by atoms with E-state index in [1.54, 1.807) is 18.2 Å². The molecule has 0 unspecified atom stereocenters. The Morgan fingerprint density at radius 2 is 1.52 bits per heavy atom. The van der Waals surface area contributed by atoms with Crippen molar-refractivity contribution >= 4 is 29.2 Å². The highest BCUT2D eigenvalue weighted by Crippen LogP contribution is 2.25. The summed E-state index contributed by atoms with van der Waals surface area (Å²) in [6.45, 7) is 1.93. The summed E-state index contributed by atoms with van der Waals surface area (Å²) in [4.78, 5) is 39.3. The molecule has 1 saturated heterocycles. The Balaban J connectivity index is 1.31. The van der Waals surface area contributed by atoms with Gasteiger partial charge in [0.25, 0.3) is 5.91 Å². The van der Waals surface area contributed by atoms with Crippen LogP contribution in [-0.2, 0) is 11.3 Å². The first kappa shape index (κ1) is 22.8. The number of hydrogen-bond donors (Lipinski definition) is 3. The van der Waals surface area contributed by atoms with Crippen molar-refractivity contribution in [2.45, 2.75) is 51.5 Å². The maximum Gasteiger partial charge on any atom is 0.321 e. The van der Waals surface area contributed by atoms with Crippen molar-refractivity contribution in [2.24, 2.45) is 5.92 Å². The molecule has 2 aromatic rings. The van der Waals surface area contributed by atoms with Crippen LogP contribution in [0.2, 0.25) is 0 Å². The first-order valence-corrected chi connectivity index (χ1v) is 11.9. The molecule has 0 atom stereocenters. The molecule has 0 bridgehead atoms. The summed E-state index contributed by atoms with van der Waals surface area (Å²) in [5.74, 6) is -0.107. The van der Waals surface area contributed by atoms with Crippen molar-refractivity contribution in [2.75, 3.05) is 23.7 Å². The summed E-state index contributed by atoms with van der Waals surface area (Å²) >= 11 is 0. The Hall–Kier alpha value is -3.35. The molecule has 4 rings (SSSR count). The Labute approximate surface area is 194 Å². The lowest BCUT2D eigenvalue weighted by atomic mass is 9.88. The first-order valence-electron chi connectivity index (χ1n) is 11.9. The second-order valence-corrected chi connectivity index (χ2v) is 8.91. The summed E-state index contributed by atoms with van der Waals surface area (Å²) in [6, 6.07) is 14.4. The van der Waals surface area contributed by atoms with Crippen LogP contribution < -0.4 is 16.0 Å². The molecule has 7 heteroatoms. The van der Waals surface area contributed by atoms with Crippen molar-refractivity contribution in [1.82, 2.24) is 10.2 Å². The third-order valence-electron chi connectivity index (χ3n) is 6.39. The molecular weight excluding hydrogens is 416 g/mol. The first-order chi connectivity index (χ1) is 16.1. The fraction of sp³-hybridized carbons (Fsp3) is 0.423. The van der Waals surface area contributed by atoms with E-state index in [2.05, 4.69) is 16.0 Å². The lowest BCUT2D eigenvalue weighted by Crippen LogP contribution is -2.32. The van der Waals surface area contributed by atoms with E-state index in [1.807, 2.05) is 35.2 Å². The van der Waals surface area contributed by atoms with Crippen molar-refractivity contribution in [3.8, 4) is 0 Å². The largest absolute Gasteiger partial charge is 0.348 e. The molecule has 3 N–H and O–H groups in total. The zero-order valence-corrected chi connectivity index (χ0v) is 18.9. The van der Waals surface area contributed by atoms with E-state index >= 15 is 0 Å². The minimum absolute atomic E-state index is 0.0417. The predicted octanol–water partition coefficient (Wildman–Crippen LogP) is 4.76. The van der Waals surface area contributed by atoms with E-state index in [0.29, 0.717) is 23.5 Å². The van der Waals surface area contributed by atoms with Crippen LogP contribution in [0.15, 0.2) is 48.5 Å². The molecule has 0 aromatic heterocycles. The van der Waals surface area contributed by atoms with Gasteiger partial charge in [-0.25, -0.2) is 4.79 Å². The van der Waals surface area contributed by atoms with Crippen molar-refractivity contribution in [3.63, 3.8) is 0 Å². The molecule has 33 heavy (non-hydrogen) atoms. The second kappa shape index (κ2) is 11.0. The van der Waals surface area contributed by atoms with Crippen molar-refractivity contribution < 1.29 is 14.4 Å². The van der Waals surface area contributed by atoms with Gasteiger partial charge < -0.3 is 20.9 Å². The van der Waals surface area contributed by atoms with E-state index in [9.17, 15) is 14.4 Å². The standard InChI is InChI=1S/C26H32N4O3/c31-24(21-11-7-13-23(17-21)28-25(32)20-9-2-1-3-10-20)27-18-19-8-6-12-22(16-19)29-26(33)30-14-4-5-15-30/h6-8,11-13,16-17,20H,1-5,9-10,14-15,18H2,(H,27,31)(H,28,32)(H,29,33). The van der Waals surface area contributed by atoms with Gasteiger partial charge in [0, 0.05) is 42.5 Å². The summed E-state index contributed by atoms with van der Waals surface area (Å²) in [7, 11) is 0. The molecule has 1 saturated carbocycles. The molecule has 4 amide bonds. The zero-order chi connectivity index (χ0) is 23.0. The second-order valence-electron chi connectivity index (χ2n) is 8.91. The number of urea groups is 1. The third-order valence-corrected chi connectivity index (χ3v) is 6.39. The molecule has 7 nitrogen and oxygen atoms in total. The Bertz CT molecular complexity index is 995. The quantitative estimate of drug-likeness (QED) is 0.595. The van der Waals surface area contributed by atoms with Gasteiger partial charge in [-0.3, -0.25) is 9.59 Å². The van der Waals surface area contributed by atoms with E-state index in [4.69, 9.17) is 0 Å². The highest BCUT2D eigenvalue weighted by atomic mass is 16.2. The van der Waals surface area contributed by atoms with Gasteiger partial charge in [-0.15, -0.1) is 0 Å². The number of amides is 4. The zero-order valence-electron chi connectivity index (χ0n) is 18.9. The summed E-state index contributed by atoms with van der Waals surface area (Å²) in [5, 5.41) is 8.82. The van der Waals surface area contributed by atoms with E-state index in [0.717, 1.165) is 57.2 Å². The number of nitrogens with zero attached hydrogens (tertiary/aromatic N) is 1. The number of rotatable bonds is 6. The molecule has 1 aliphatic heterocycles. The topological polar surface area (TPSA) is 90.5 Å². The Kier molecular flexibility index (Phi) is 7.60. The Morgan fingerprint density at radius 3 is 2.27 bits per heavy atom. The van der Waals surface area contributed by atoms with Crippen molar-refractivity contribution in [3.05, 3.63) is 59.7 Å². The van der Waals surface area contributed by atoms with Gasteiger partial charge in [0.15, 0.2) is 0 Å². The molecule has 2 aromatic carbocycles. The van der Waals surface area contributed by atoms with Crippen LogP contribution in [0, 0.1) is 5.92 Å². The van der Waals surface area contributed by atoms with E-state index < -0.39 is 0 Å². The maximum atomic E-state index is 12.7. The highest BCUT2D eigenvalue weighted by molar-refractivity contribution is 5.97. The summed E-state index contributed by atoms with van der Waals surface area (Å²) in [5.41, 5.74) is 2.75. The number of likely N-dealkylation sites (tertiary alicyclic amines) is 1. The fourth-order valence-corrected chi connectivity index (χ4v) is 4.51. The summed E-state index contributed by atoms with van der Waals surface area (Å²) in [6.07, 6.45) is 7.36. The highest BCUT2D eigenvalue weighted by Gasteiger charge is 2.21. The van der Waals surface area contributed by atoms with Crippen LogP contribution in [0.3, 0.4) is 0 Å². The van der Waals surface area contributed by atoms with E-state index in [-0.39, 0.29) is 23.8 Å². The average molecular weight is 449 g/mol. The lowest BCUT2D eigenvalue weighted by Gasteiger charge is -2.20. The van der Waals surface area contributed by atoms with Gasteiger partial charge in [-0.05, 0) is 61.6 Å². The number of carbonyl (C=O) groups is 3. The molecule has 1 aliphatic carbocycles. The normalized spacial score (nSPS) is 16.3. The van der Waals surface area contributed by atoms with Crippen LogP contribution in [0.25, 0.3) is 0 Å². The lowest BCUT2D eigenvalue weighted by molar-refractivity contribution is -0.120. The van der Waals surface area contributed by atoms with Gasteiger partial charge in [0.2, 0.25) is 5.91 Å². The number of nitrogens with one attached hydrogen (secondary N) is 3. The van der Waals surface area contributed by atoms with Gasteiger partial charge in [0.05, 0.1) is 0 Å². The summed E-state index contributed by atoms with van der Waals surface area (Å²) < 4.78 is 0. The Morgan fingerprint density at radius 1 is 0.818 bits per heavy atom.